The molecular weight excluding hydrogens is 321 g/mol. The van der Waals surface area contributed by atoms with Gasteiger partial charge in [-0.25, -0.2) is 4.21 Å². The van der Waals surface area contributed by atoms with Gasteiger partial charge in [-0.05, 0) is 40.8 Å². The highest BCUT2D eigenvalue weighted by Crippen LogP contribution is 2.24. The Morgan fingerprint density at radius 2 is 2.31 bits per heavy atom. The van der Waals surface area contributed by atoms with Crippen LogP contribution in [0.25, 0.3) is 0 Å². The summed E-state index contributed by atoms with van der Waals surface area (Å²) in [5.74, 6) is 0.571. The van der Waals surface area contributed by atoms with Crippen LogP contribution in [0.5, 0.6) is 0 Å². The molecule has 1 atom stereocenters. The fourth-order valence-electron chi connectivity index (χ4n) is 0.771. The lowest BCUT2D eigenvalue weighted by atomic mass is 10.3. The second-order valence-electron chi connectivity index (χ2n) is 2.36. The van der Waals surface area contributed by atoms with E-state index in [4.69, 9.17) is 11.6 Å². The van der Waals surface area contributed by atoms with Gasteiger partial charge in [0.2, 0.25) is 0 Å². The molecule has 1 aromatic carbocycles. The van der Waals surface area contributed by atoms with Gasteiger partial charge in [0.15, 0.2) is 0 Å². The van der Waals surface area contributed by atoms with Crippen LogP contribution in [0.2, 0.25) is 5.02 Å². The van der Waals surface area contributed by atoms with Gasteiger partial charge in [-0.3, -0.25) is 0 Å². The molecule has 0 radical (unpaired) electrons. The van der Waals surface area contributed by atoms with E-state index in [-0.39, 0.29) is 0 Å². The minimum atomic E-state index is -1.03. The fourth-order valence-corrected chi connectivity index (χ4v) is 2.04. The molecule has 0 aliphatic rings. The van der Waals surface area contributed by atoms with Gasteiger partial charge < -0.3 is 4.72 Å². The summed E-state index contributed by atoms with van der Waals surface area (Å²) in [5.41, 5.74) is 0.730. The molecule has 13 heavy (non-hydrogen) atoms. The van der Waals surface area contributed by atoms with Gasteiger partial charge in [0.05, 0.1) is 10.7 Å². The van der Waals surface area contributed by atoms with Crippen LogP contribution in [-0.4, -0.2) is 9.96 Å². The molecule has 1 aromatic rings. The normalized spacial score (nSPS) is 12.5. The second-order valence-corrected chi connectivity index (χ2v) is 5.49. The quantitative estimate of drug-likeness (QED) is 0.849. The van der Waals surface area contributed by atoms with Gasteiger partial charge in [0.1, 0.15) is 11.0 Å². The van der Waals surface area contributed by atoms with Crippen molar-refractivity contribution in [1.82, 2.24) is 0 Å². The average Bonchev–Trinajstić information content (AvgIpc) is 2.11. The van der Waals surface area contributed by atoms with Crippen molar-refractivity contribution in [2.45, 2.75) is 6.92 Å². The molecule has 1 unspecified atom stereocenters. The Bertz CT molecular complexity index is 332. The van der Waals surface area contributed by atoms with Crippen LogP contribution in [0.15, 0.2) is 18.2 Å². The number of anilines is 1. The van der Waals surface area contributed by atoms with Crippen LogP contribution in [0.3, 0.4) is 0 Å². The van der Waals surface area contributed by atoms with Crippen LogP contribution in [0.4, 0.5) is 5.69 Å². The zero-order valence-corrected chi connectivity index (χ0v) is 10.7. The van der Waals surface area contributed by atoms with E-state index >= 15 is 0 Å². The molecule has 0 aliphatic heterocycles. The van der Waals surface area contributed by atoms with Crippen molar-refractivity contribution in [3.05, 3.63) is 26.8 Å². The Kier molecular flexibility index (Phi) is 4.48. The van der Waals surface area contributed by atoms with Gasteiger partial charge >= 0.3 is 0 Å². The molecule has 0 aromatic heterocycles. The smallest absolute Gasteiger partial charge is 0.116 e. The second kappa shape index (κ2) is 5.17. The Balaban J connectivity index is 2.87. The molecule has 0 saturated heterocycles. The predicted octanol–water partition coefficient (Wildman–Crippen LogP) is 3.04. The highest BCUT2D eigenvalue weighted by molar-refractivity contribution is 14.1. The lowest BCUT2D eigenvalue weighted by Crippen LogP contribution is -2.06. The predicted molar refractivity (Wildman–Crippen MR) is 66.5 cm³/mol. The third kappa shape index (κ3) is 3.44. The van der Waals surface area contributed by atoms with Gasteiger partial charge in [-0.15, -0.1) is 0 Å². The first kappa shape index (κ1) is 11.3. The highest BCUT2D eigenvalue weighted by atomic mass is 127. The number of benzene rings is 1. The monoisotopic (exact) mass is 329 g/mol. The Morgan fingerprint density at radius 1 is 1.62 bits per heavy atom. The molecule has 1 rings (SSSR count). The van der Waals surface area contributed by atoms with Gasteiger partial charge in [-0.2, -0.15) is 0 Å². The summed E-state index contributed by atoms with van der Waals surface area (Å²) >= 11 is 8.08. The van der Waals surface area contributed by atoms with E-state index < -0.39 is 11.0 Å². The van der Waals surface area contributed by atoms with Crippen LogP contribution in [0.1, 0.15) is 6.92 Å². The largest absolute Gasteiger partial charge is 0.304 e. The number of rotatable bonds is 3. The van der Waals surface area contributed by atoms with Gasteiger partial charge in [-0.1, -0.05) is 18.5 Å². The molecule has 72 valence electrons. The topological polar surface area (TPSA) is 29.1 Å². The summed E-state index contributed by atoms with van der Waals surface area (Å²) < 4.78 is 15.1. The van der Waals surface area contributed by atoms with Crippen molar-refractivity contribution < 1.29 is 4.21 Å². The third-order valence-corrected chi connectivity index (χ3v) is 3.39. The van der Waals surface area contributed by atoms with Crippen LogP contribution in [0, 0.1) is 3.57 Å². The highest BCUT2D eigenvalue weighted by Gasteiger charge is 2.02. The summed E-state index contributed by atoms with van der Waals surface area (Å²) in [6.07, 6.45) is 0. The molecule has 0 fully saturated rings. The zero-order valence-electron chi connectivity index (χ0n) is 7.01. The standard InChI is InChI=1S/C8H9ClINOS/c1-2-13(12)11-8-5-6(10)3-4-7(8)9/h3-5,11H,2H2,1H3. The molecule has 0 aliphatic carbocycles. The maximum absolute atomic E-state index is 11.2. The van der Waals surface area contributed by atoms with E-state index in [0.29, 0.717) is 10.8 Å². The summed E-state index contributed by atoms with van der Waals surface area (Å²) in [4.78, 5) is 0. The molecule has 1 N–H and O–H groups in total. The molecule has 0 amide bonds. The van der Waals surface area contributed by atoms with Crippen molar-refractivity contribution in [2.75, 3.05) is 10.5 Å². The first-order valence-electron chi connectivity index (χ1n) is 3.73. The molecule has 0 spiro atoms. The minimum absolute atomic E-state index is 0.571. The first-order chi connectivity index (χ1) is 6.13. The van der Waals surface area contributed by atoms with E-state index in [1.807, 2.05) is 19.1 Å². The Labute approximate surface area is 98.8 Å². The van der Waals surface area contributed by atoms with Crippen LogP contribution < -0.4 is 4.72 Å². The van der Waals surface area contributed by atoms with Crippen molar-refractivity contribution in [3.8, 4) is 0 Å². The number of halogens is 2. The lowest BCUT2D eigenvalue weighted by Gasteiger charge is -2.06. The summed E-state index contributed by atoms with van der Waals surface area (Å²) in [5, 5.41) is 0.599. The van der Waals surface area contributed by atoms with Gasteiger partial charge in [0.25, 0.3) is 0 Å². The van der Waals surface area contributed by atoms with Crippen molar-refractivity contribution >= 4 is 50.9 Å². The molecule has 5 heteroatoms. The molecule has 2 nitrogen and oxygen atoms in total. The van der Waals surface area contributed by atoms with Crippen LogP contribution in [-0.2, 0) is 11.0 Å². The van der Waals surface area contributed by atoms with E-state index in [2.05, 4.69) is 27.3 Å². The summed E-state index contributed by atoms with van der Waals surface area (Å²) in [6, 6.07) is 5.57. The Hall–Kier alpha value is 0.190. The minimum Gasteiger partial charge on any atom is -0.304 e. The van der Waals surface area contributed by atoms with Crippen molar-refractivity contribution in [1.29, 1.82) is 0 Å². The average molecular weight is 330 g/mol. The number of hydrogen-bond acceptors (Lipinski definition) is 1. The van der Waals surface area contributed by atoms with E-state index in [9.17, 15) is 4.21 Å². The molecule has 0 heterocycles. The van der Waals surface area contributed by atoms with Crippen LogP contribution >= 0.6 is 34.2 Å². The summed E-state index contributed by atoms with van der Waals surface area (Å²) in [6.45, 7) is 1.85. The number of nitrogens with one attached hydrogen (secondary N) is 1. The number of hydrogen-bond donors (Lipinski definition) is 1. The van der Waals surface area contributed by atoms with Crippen molar-refractivity contribution in [2.24, 2.45) is 0 Å². The molecule has 0 saturated carbocycles. The maximum Gasteiger partial charge on any atom is 0.116 e. The zero-order chi connectivity index (χ0) is 9.84. The SMILES string of the molecule is CCS(=O)Nc1cc(I)ccc1Cl. The lowest BCUT2D eigenvalue weighted by molar-refractivity contribution is 0.687. The summed E-state index contributed by atoms with van der Waals surface area (Å²) in [7, 11) is -1.03. The molecule has 0 bridgehead atoms. The van der Waals surface area contributed by atoms with E-state index in [0.717, 1.165) is 9.26 Å². The van der Waals surface area contributed by atoms with E-state index in [1.54, 1.807) is 6.07 Å². The third-order valence-electron chi connectivity index (χ3n) is 1.41. The molecular formula is C8H9ClINOS. The maximum atomic E-state index is 11.2. The Morgan fingerprint density at radius 3 is 2.92 bits per heavy atom. The van der Waals surface area contributed by atoms with E-state index in [1.165, 1.54) is 0 Å². The first-order valence-corrected chi connectivity index (χ1v) is 6.51. The van der Waals surface area contributed by atoms with Gasteiger partial charge in [0, 0.05) is 9.32 Å². The van der Waals surface area contributed by atoms with Crippen molar-refractivity contribution in [3.63, 3.8) is 0 Å². The fraction of sp³-hybridized carbons (Fsp3) is 0.250.